The van der Waals surface area contributed by atoms with E-state index in [4.69, 9.17) is 0 Å². The molecule has 45 heavy (non-hydrogen) atoms. The minimum absolute atomic E-state index is 0.113. The van der Waals surface area contributed by atoms with Gasteiger partial charge in [0.1, 0.15) is 0 Å². The van der Waals surface area contributed by atoms with Crippen molar-refractivity contribution in [3.63, 3.8) is 0 Å². The Labute approximate surface area is 266 Å². The smallest absolute Gasteiger partial charge is 0.308 e. The number of fused-ring (bicyclic) bond motifs is 6. The summed E-state index contributed by atoms with van der Waals surface area (Å²) in [5.41, 5.74) is 8.76. The van der Waals surface area contributed by atoms with Crippen LogP contribution in [0.3, 0.4) is 0 Å². The van der Waals surface area contributed by atoms with E-state index in [1.165, 1.54) is 92.3 Å². The van der Waals surface area contributed by atoms with Gasteiger partial charge in [0.05, 0.1) is 23.5 Å². The summed E-state index contributed by atoms with van der Waals surface area (Å²) < 4.78 is 2.80. The Kier molecular flexibility index (Phi) is 4.88. The van der Waals surface area contributed by atoms with Crippen LogP contribution in [0.2, 0.25) is 0 Å². The Morgan fingerprint density at radius 1 is 0.956 bits per heavy atom. The number of rotatable bonds is 3. The molecule has 6 fully saturated rings. The van der Waals surface area contributed by atoms with Crippen LogP contribution in [0.25, 0.3) is 10.9 Å². The third kappa shape index (κ3) is 2.80. The van der Waals surface area contributed by atoms with Crippen LogP contribution in [-0.4, -0.2) is 63.2 Å². The molecule has 2 aromatic carbocycles. The Balaban J connectivity index is 1.14. The van der Waals surface area contributed by atoms with Gasteiger partial charge in [0, 0.05) is 40.3 Å². The molecule has 8 unspecified atom stereocenters. The second-order valence-electron chi connectivity index (χ2n) is 16.6. The molecule has 1 aromatic heterocycles. The number of nitrogens with one attached hydrogen (secondary N) is 1. The predicted octanol–water partition coefficient (Wildman–Crippen LogP) is 6.88. The Hall–Kier alpha value is -2.83. The molecule has 2 bridgehead atoms. The zero-order valence-corrected chi connectivity index (χ0v) is 26.7. The summed E-state index contributed by atoms with van der Waals surface area (Å²) in [7, 11) is 0. The quantitative estimate of drug-likeness (QED) is 0.342. The van der Waals surface area contributed by atoms with Crippen molar-refractivity contribution in [3.8, 4) is 0 Å². The van der Waals surface area contributed by atoms with Crippen LogP contribution >= 0.6 is 0 Å². The number of carboxylic acid groups (broad SMARTS) is 1. The highest BCUT2D eigenvalue weighted by atomic mass is 16.4. The largest absolute Gasteiger partial charge is 0.481 e. The van der Waals surface area contributed by atoms with Gasteiger partial charge in [-0.25, -0.2) is 0 Å². The second-order valence-corrected chi connectivity index (χ2v) is 16.6. The highest BCUT2D eigenvalue weighted by Gasteiger charge is 2.79. The summed E-state index contributed by atoms with van der Waals surface area (Å²) in [6.45, 7) is 7.18. The van der Waals surface area contributed by atoms with Crippen LogP contribution in [0.5, 0.6) is 0 Å². The van der Waals surface area contributed by atoms with Gasteiger partial charge in [-0.2, -0.15) is 0 Å². The number of carboxylic acids is 1. The molecule has 6 nitrogen and oxygen atoms in total. The molecule has 2 N–H and O–H groups in total. The number of nitrogens with zero attached hydrogens (tertiary/aromatic N) is 3. The van der Waals surface area contributed by atoms with Crippen LogP contribution in [0.15, 0.2) is 42.5 Å². The second kappa shape index (κ2) is 8.36. The molecule has 0 amide bonds. The monoisotopic (exact) mass is 602 g/mol. The molecule has 0 radical (unpaired) electrons. The number of carbonyl (C=O) groups is 1. The van der Waals surface area contributed by atoms with Crippen molar-refractivity contribution >= 4 is 22.6 Å². The summed E-state index contributed by atoms with van der Waals surface area (Å²) in [5.74, 6) is -0.893. The van der Waals surface area contributed by atoms with Crippen molar-refractivity contribution in [2.45, 2.75) is 107 Å². The number of hydrogen-bond acceptors (Lipinski definition) is 4. The average molecular weight is 603 g/mol. The number of benzene rings is 2. The van der Waals surface area contributed by atoms with Crippen LogP contribution in [-0.2, 0) is 16.6 Å². The van der Waals surface area contributed by atoms with Gasteiger partial charge in [0.25, 0.3) is 0 Å². The molecular weight excluding hydrogens is 556 g/mol. The van der Waals surface area contributed by atoms with E-state index in [0.717, 1.165) is 32.2 Å². The summed E-state index contributed by atoms with van der Waals surface area (Å²) in [4.78, 5) is 18.8. The fourth-order valence-electron chi connectivity index (χ4n) is 14.1. The standard InChI is InChI=1S/C39H46N4O2/c1-2-36-12-5-17-41-19-11-26-25-7-3-4-8-30(25)43(32(26)33(36)41)31(23-36)24-9-10-29-27(21-24)38-16-20-42-18-6-13-37(35(38)42)14-15-39(38,40-29)28(22-37)34(44)45/h3-4,7-10,21,28,31,33,35,40H,2,5-6,11-20,22-23H2,1H3,(H,44,45). The SMILES string of the molecule is CCC12CCCN3CCc4c(n(c5ccccc45)C(c4ccc5c(c4)C46CCN7CCCC8(CCC4(N5)C(C(=O)O)C8)C76)C1)C32. The average Bonchev–Trinajstić information content (AvgIpc) is 3.73. The zero-order chi connectivity index (χ0) is 29.9. The number of piperidine rings is 2. The van der Waals surface area contributed by atoms with Crippen molar-refractivity contribution in [1.29, 1.82) is 0 Å². The maximum Gasteiger partial charge on any atom is 0.308 e. The third-order valence-electron chi connectivity index (χ3n) is 15.6. The summed E-state index contributed by atoms with van der Waals surface area (Å²) >= 11 is 0. The number of aromatic nitrogens is 1. The van der Waals surface area contributed by atoms with Gasteiger partial charge in [-0.3, -0.25) is 14.6 Å². The first kappa shape index (κ1) is 26.3. The highest BCUT2D eigenvalue weighted by molar-refractivity contribution is 5.87. The van der Waals surface area contributed by atoms with Crippen LogP contribution in [0.4, 0.5) is 5.69 Å². The molecule has 3 aliphatic carbocycles. The van der Waals surface area contributed by atoms with Gasteiger partial charge in [0.2, 0.25) is 0 Å². The first-order chi connectivity index (χ1) is 22.0. The molecule has 3 spiro atoms. The molecule has 8 atom stereocenters. The fourth-order valence-corrected chi connectivity index (χ4v) is 14.1. The molecule has 3 aromatic rings. The van der Waals surface area contributed by atoms with Crippen molar-refractivity contribution < 1.29 is 9.90 Å². The van der Waals surface area contributed by atoms with Crippen molar-refractivity contribution in [3.05, 3.63) is 64.8 Å². The van der Waals surface area contributed by atoms with Gasteiger partial charge >= 0.3 is 5.97 Å². The van der Waals surface area contributed by atoms with Crippen molar-refractivity contribution in [2.75, 3.05) is 31.5 Å². The van der Waals surface area contributed by atoms with E-state index in [1.807, 2.05) is 0 Å². The maximum absolute atomic E-state index is 13.1. The molecule has 234 valence electrons. The zero-order valence-electron chi connectivity index (χ0n) is 26.7. The minimum atomic E-state index is -0.577. The van der Waals surface area contributed by atoms with E-state index in [2.05, 4.69) is 69.1 Å². The fraction of sp³-hybridized carbons (Fsp3) is 0.615. The lowest BCUT2D eigenvalue weighted by Crippen LogP contribution is -2.76. The van der Waals surface area contributed by atoms with E-state index in [-0.39, 0.29) is 22.3 Å². The van der Waals surface area contributed by atoms with Crippen molar-refractivity contribution in [1.82, 2.24) is 14.4 Å². The molecule has 6 aliphatic heterocycles. The summed E-state index contributed by atoms with van der Waals surface area (Å²) in [6, 6.07) is 18.0. The van der Waals surface area contributed by atoms with E-state index in [0.29, 0.717) is 23.5 Å². The summed E-state index contributed by atoms with van der Waals surface area (Å²) in [5, 5.41) is 16.3. The molecular formula is C39H46N4O2. The lowest BCUT2D eigenvalue weighted by atomic mass is 9.39. The molecule has 6 heteroatoms. The normalized spacial score (nSPS) is 42.2. The van der Waals surface area contributed by atoms with Crippen LogP contribution in [0, 0.1) is 16.7 Å². The topological polar surface area (TPSA) is 60.7 Å². The first-order valence-corrected chi connectivity index (χ1v) is 18.2. The van der Waals surface area contributed by atoms with E-state index in [1.54, 1.807) is 11.3 Å². The van der Waals surface area contributed by atoms with Crippen LogP contribution in [0.1, 0.15) is 106 Å². The van der Waals surface area contributed by atoms with Crippen LogP contribution < -0.4 is 5.32 Å². The maximum atomic E-state index is 13.1. The first-order valence-electron chi connectivity index (χ1n) is 18.2. The predicted molar refractivity (Wildman–Crippen MR) is 176 cm³/mol. The number of anilines is 1. The Bertz CT molecular complexity index is 1810. The van der Waals surface area contributed by atoms with Gasteiger partial charge in [-0.1, -0.05) is 37.3 Å². The van der Waals surface area contributed by atoms with Gasteiger partial charge in [0.15, 0.2) is 0 Å². The lowest BCUT2D eigenvalue weighted by molar-refractivity contribution is -0.168. The van der Waals surface area contributed by atoms with Gasteiger partial charge in [-0.15, -0.1) is 0 Å². The Morgan fingerprint density at radius 3 is 2.71 bits per heavy atom. The van der Waals surface area contributed by atoms with E-state index in [9.17, 15) is 9.90 Å². The minimum Gasteiger partial charge on any atom is -0.481 e. The number of aliphatic carboxylic acids is 1. The molecule has 3 saturated heterocycles. The number of para-hydroxylation sites is 1. The molecule has 12 rings (SSSR count). The van der Waals surface area contributed by atoms with E-state index < -0.39 is 5.97 Å². The molecule has 3 saturated carbocycles. The number of hydrogen-bond donors (Lipinski definition) is 2. The lowest BCUT2D eigenvalue weighted by Gasteiger charge is -2.68. The van der Waals surface area contributed by atoms with Gasteiger partial charge in [-0.05, 0) is 130 Å². The third-order valence-corrected chi connectivity index (χ3v) is 15.6. The van der Waals surface area contributed by atoms with Gasteiger partial charge < -0.3 is 15.0 Å². The summed E-state index contributed by atoms with van der Waals surface area (Å²) in [6.07, 6.45) is 12.7. The molecule has 7 heterocycles. The Morgan fingerprint density at radius 2 is 1.82 bits per heavy atom. The van der Waals surface area contributed by atoms with Crippen molar-refractivity contribution in [2.24, 2.45) is 16.7 Å². The molecule has 9 aliphatic rings. The highest BCUT2D eigenvalue weighted by Crippen LogP contribution is 2.74. The van der Waals surface area contributed by atoms with E-state index >= 15 is 0 Å².